The Kier molecular flexibility index (Phi) is 4.74. The van der Waals surface area contributed by atoms with Gasteiger partial charge >= 0.3 is 5.97 Å². The topological polar surface area (TPSA) is 55.8 Å². The van der Waals surface area contributed by atoms with Gasteiger partial charge in [0.05, 0.1) is 20.1 Å². The number of ether oxygens (including phenoxy) is 2. The van der Waals surface area contributed by atoms with Crippen LogP contribution in [0.2, 0.25) is 0 Å². The second-order valence-electron chi connectivity index (χ2n) is 4.79. The monoisotopic (exact) mass is 277 g/mol. The molecule has 1 aliphatic heterocycles. The number of hydrogen-bond donors (Lipinski definition) is 0. The molecule has 1 aromatic rings. The summed E-state index contributed by atoms with van der Waals surface area (Å²) in [6, 6.07) is 7.81. The predicted molar refractivity (Wildman–Crippen MR) is 73.1 cm³/mol. The molecule has 0 radical (unpaired) electrons. The van der Waals surface area contributed by atoms with Crippen molar-refractivity contribution >= 4 is 11.9 Å². The molecule has 1 aromatic carbocycles. The van der Waals surface area contributed by atoms with Crippen LogP contribution >= 0.6 is 0 Å². The molecule has 2 rings (SSSR count). The molecule has 0 N–H and O–H groups in total. The predicted octanol–water partition coefficient (Wildman–Crippen LogP) is 1.32. The maximum atomic E-state index is 12.4. The Morgan fingerprint density at radius 3 is 2.90 bits per heavy atom. The van der Waals surface area contributed by atoms with Gasteiger partial charge in [0, 0.05) is 13.6 Å². The van der Waals surface area contributed by atoms with Crippen LogP contribution in [0.5, 0.6) is 0 Å². The number of hydrogen-bond acceptors (Lipinski definition) is 4. The van der Waals surface area contributed by atoms with E-state index in [1.54, 1.807) is 7.05 Å². The number of likely N-dealkylation sites (N-methyl/N-ethyl adjacent to an activating group) is 1. The van der Waals surface area contributed by atoms with E-state index in [4.69, 9.17) is 4.74 Å². The highest BCUT2D eigenvalue weighted by molar-refractivity contribution is 5.83. The number of rotatable bonds is 4. The van der Waals surface area contributed by atoms with Gasteiger partial charge in [0.2, 0.25) is 0 Å². The molecular weight excluding hydrogens is 258 g/mol. The molecule has 5 nitrogen and oxygen atoms in total. The summed E-state index contributed by atoms with van der Waals surface area (Å²) in [5.74, 6) is -0.448. The Morgan fingerprint density at radius 2 is 2.15 bits per heavy atom. The van der Waals surface area contributed by atoms with Gasteiger partial charge < -0.3 is 14.4 Å². The van der Waals surface area contributed by atoms with Crippen molar-refractivity contribution < 1.29 is 19.1 Å². The van der Waals surface area contributed by atoms with Crippen molar-refractivity contribution in [3.05, 3.63) is 35.4 Å². The number of nitrogens with zero attached hydrogens (tertiary/aromatic N) is 1. The lowest BCUT2D eigenvalue weighted by Gasteiger charge is -2.28. The second-order valence-corrected chi connectivity index (χ2v) is 4.79. The van der Waals surface area contributed by atoms with Gasteiger partial charge in [-0.05, 0) is 17.5 Å². The molecule has 1 aliphatic rings. The first-order chi connectivity index (χ1) is 9.63. The van der Waals surface area contributed by atoms with Crippen molar-refractivity contribution in [2.24, 2.45) is 0 Å². The number of amides is 1. The lowest BCUT2D eigenvalue weighted by atomic mass is 9.97. The molecule has 0 aromatic heterocycles. The van der Waals surface area contributed by atoms with E-state index in [1.165, 1.54) is 12.0 Å². The molecule has 0 saturated heterocycles. The molecule has 0 spiro atoms. The van der Waals surface area contributed by atoms with E-state index in [2.05, 4.69) is 4.74 Å². The van der Waals surface area contributed by atoms with E-state index in [9.17, 15) is 9.59 Å². The first-order valence-electron chi connectivity index (χ1n) is 6.64. The Morgan fingerprint density at radius 1 is 1.40 bits per heavy atom. The summed E-state index contributed by atoms with van der Waals surface area (Å²) in [7, 11) is 3.01. The van der Waals surface area contributed by atoms with Crippen LogP contribution in [0.3, 0.4) is 0 Å². The van der Waals surface area contributed by atoms with Crippen LogP contribution in [0.25, 0.3) is 0 Å². The quantitative estimate of drug-likeness (QED) is 0.779. The van der Waals surface area contributed by atoms with Gasteiger partial charge in [-0.3, -0.25) is 9.59 Å². The number of carbonyl (C=O) groups excluding carboxylic acids is 2. The van der Waals surface area contributed by atoms with E-state index in [0.717, 1.165) is 17.5 Å². The van der Waals surface area contributed by atoms with Crippen LogP contribution in [0.15, 0.2) is 24.3 Å². The van der Waals surface area contributed by atoms with Crippen molar-refractivity contribution in [1.82, 2.24) is 4.90 Å². The fourth-order valence-corrected chi connectivity index (χ4v) is 2.27. The summed E-state index contributed by atoms with van der Waals surface area (Å²) in [6.45, 7) is 0.867. The Hall–Kier alpha value is -1.88. The van der Waals surface area contributed by atoms with Crippen LogP contribution in [-0.2, 0) is 25.5 Å². The van der Waals surface area contributed by atoms with Gasteiger partial charge in [-0.25, -0.2) is 0 Å². The molecule has 0 saturated carbocycles. The number of methoxy groups -OCH3 is 1. The van der Waals surface area contributed by atoms with Crippen LogP contribution in [0.1, 0.15) is 23.7 Å². The molecule has 1 amide bonds. The summed E-state index contributed by atoms with van der Waals surface area (Å²) in [6.07, 6.45) is 0.446. The minimum Gasteiger partial charge on any atom is -0.469 e. The Balaban J connectivity index is 2.04. The second kappa shape index (κ2) is 6.52. The molecule has 0 aliphatic carbocycles. The van der Waals surface area contributed by atoms with Crippen molar-refractivity contribution in [3.8, 4) is 0 Å². The van der Waals surface area contributed by atoms with Crippen molar-refractivity contribution in [3.63, 3.8) is 0 Å². The fraction of sp³-hybridized carbons (Fsp3) is 0.467. The zero-order valence-electron chi connectivity index (χ0n) is 11.8. The standard InChI is InChI=1S/C15H19NO4/c1-16(9-7-13(17)19-2)15(18)14-12-6-4-3-5-11(12)8-10-20-14/h3-6,14H,7-10H2,1-2H3. The zero-order chi connectivity index (χ0) is 14.5. The molecular formula is C15H19NO4. The molecule has 1 heterocycles. The van der Waals surface area contributed by atoms with Gasteiger partial charge in [-0.2, -0.15) is 0 Å². The first-order valence-corrected chi connectivity index (χ1v) is 6.64. The van der Waals surface area contributed by atoms with Crippen LogP contribution in [0, 0.1) is 0 Å². The van der Waals surface area contributed by atoms with E-state index in [-0.39, 0.29) is 18.3 Å². The maximum Gasteiger partial charge on any atom is 0.307 e. The zero-order valence-corrected chi connectivity index (χ0v) is 11.8. The van der Waals surface area contributed by atoms with Gasteiger partial charge in [-0.15, -0.1) is 0 Å². The highest BCUT2D eigenvalue weighted by Gasteiger charge is 2.29. The van der Waals surface area contributed by atoms with Crippen LogP contribution in [-0.4, -0.2) is 44.1 Å². The molecule has 108 valence electrons. The average molecular weight is 277 g/mol. The number of carbonyl (C=O) groups is 2. The smallest absolute Gasteiger partial charge is 0.307 e. The van der Waals surface area contributed by atoms with Gasteiger partial charge in [0.1, 0.15) is 0 Å². The summed E-state index contributed by atoms with van der Waals surface area (Å²) < 4.78 is 10.2. The maximum absolute atomic E-state index is 12.4. The van der Waals surface area contributed by atoms with Crippen molar-refractivity contribution in [2.75, 3.05) is 27.3 Å². The SMILES string of the molecule is COC(=O)CCN(C)C(=O)C1OCCc2ccccc21. The molecule has 5 heteroatoms. The Labute approximate surface area is 118 Å². The van der Waals surface area contributed by atoms with Gasteiger partial charge in [0.25, 0.3) is 5.91 Å². The third-order valence-electron chi connectivity index (χ3n) is 3.47. The van der Waals surface area contributed by atoms with E-state index < -0.39 is 6.10 Å². The molecule has 1 atom stereocenters. The summed E-state index contributed by atoms with van der Waals surface area (Å²) in [5, 5.41) is 0. The fourth-order valence-electron chi connectivity index (χ4n) is 2.27. The molecule has 0 fully saturated rings. The lowest BCUT2D eigenvalue weighted by Crippen LogP contribution is -2.36. The van der Waals surface area contributed by atoms with Gasteiger partial charge in [0.15, 0.2) is 6.10 Å². The summed E-state index contributed by atoms with van der Waals surface area (Å²) in [4.78, 5) is 25.1. The number of fused-ring (bicyclic) bond motifs is 1. The normalized spacial score (nSPS) is 17.2. The lowest BCUT2D eigenvalue weighted by molar-refractivity contribution is -0.146. The highest BCUT2D eigenvalue weighted by Crippen LogP contribution is 2.28. The van der Waals surface area contributed by atoms with E-state index >= 15 is 0 Å². The third kappa shape index (κ3) is 3.17. The summed E-state index contributed by atoms with van der Waals surface area (Å²) >= 11 is 0. The third-order valence-corrected chi connectivity index (χ3v) is 3.47. The van der Waals surface area contributed by atoms with E-state index in [1.807, 2.05) is 24.3 Å². The minimum atomic E-state index is -0.567. The van der Waals surface area contributed by atoms with E-state index in [0.29, 0.717) is 13.2 Å². The van der Waals surface area contributed by atoms with Gasteiger partial charge in [-0.1, -0.05) is 24.3 Å². The first kappa shape index (κ1) is 14.5. The highest BCUT2D eigenvalue weighted by atomic mass is 16.5. The largest absolute Gasteiger partial charge is 0.469 e. The molecule has 0 bridgehead atoms. The van der Waals surface area contributed by atoms with Crippen LogP contribution in [0.4, 0.5) is 0 Å². The Bertz CT molecular complexity index is 500. The molecule has 1 unspecified atom stereocenters. The van der Waals surface area contributed by atoms with Crippen LogP contribution < -0.4 is 0 Å². The molecule has 20 heavy (non-hydrogen) atoms. The van der Waals surface area contributed by atoms with Crippen molar-refractivity contribution in [1.29, 1.82) is 0 Å². The summed E-state index contributed by atoms with van der Waals surface area (Å²) in [5.41, 5.74) is 2.08. The average Bonchev–Trinajstić information content (AvgIpc) is 2.50. The number of esters is 1. The van der Waals surface area contributed by atoms with Crippen molar-refractivity contribution in [2.45, 2.75) is 18.9 Å². The number of benzene rings is 1. The minimum absolute atomic E-state index is 0.124.